The molecule has 1 aliphatic rings. The van der Waals surface area contributed by atoms with Gasteiger partial charge in [-0.1, -0.05) is 0 Å². The molecule has 1 N–H and O–H groups in total. The number of hydrogen-bond acceptors (Lipinski definition) is 5. The molecule has 0 aliphatic carbocycles. The highest BCUT2D eigenvalue weighted by molar-refractivity contribution is 7.09. The third kappa shape index (κ3) is 1.66. The number of aromatic nitrogens is 2. The van der Waals surface area contributed by atoms with E-state index in [4.69, 9.17) is 5.11 Å². The minimum absolute atomic E-state index is 0.221. The van der Waals surface area contributed by atoms with Gasteiger partial charge in [0.05, 0.1) is 12.6 Å². The monoisotopic (exact) mass is 199 g/mol. The van der Waals surface area contributed by atoms with E-state index < -0.39 is 0 Å². The van der Waals surface area contributed by atoms with Crippen molar-refractivity contribution in [1.82, 2.24) is 9.36 Å². The van der Waals surface area contributed by atoms with Crippen molar-refractivity contribution in [2.24, 2.45) is 0 Å². The fourth-order valence-corrected chi connectivity index (χ4v) is 2.45. The van der Waals surface area contributed by atoms with Gasteiger partial charge in [-0.15, -0.1) is 0 Å². The average molecular weight is 199 g/mol. The van der Waals surface area contributed by atoms with E-state index in [1.54, 1.807) is 0 Å². The fourth-order valence-electron chi connectivity index (χ4n) is 1.68. The quantitative estimate of drug-likeness (QED) is 0.765. The second-order valence-corrected chi connectivity index (χ2v) is 4.03. The zero-order valence-corrected chi connectivity index (χ0v) is 8.42. The maximum Gasteiger partial charge on any atom is 0.205 e. The van der Waals surface area contributed by atoms with Gasteiger partial charge >= 0.3 is 0 Å². The first-order valence-electron chi connectivity index (χ1n) is 4.49. The predicted octanol–water partition coefficient (Wildman–Crippen LogP) is 0.808. The summed E-state index contributed by atoms with van der Waals surface area (Å²) in [4.78, 5) is 6.47. The standard InChI is InChI=1S/C8H13N3OS/c1-6-9-8(13-10-6)11-4-2-3-7(11)5-12/h7,12H,2-5H2,1H3/t7-/m1/s1. The van der Waals surface area contributed by atoms with Gasteiger partial charge in [0.2, 0.25) is 5.13 Å². The molecule has 0 radical (unpaired) electrons. The van der Waals surface area contributed by atoms with Gasteiger partial charge in [-0.05, 0) is 19.8 Å². The van der Waals surface area contributed by atoms with E-state index in [0.29, 0.717) is 0 Å². The lowest BCUT2D eigenvalue weighted by Crippen LogP contribution is -2.31. The maximum absolute atomic E-state index is 9.12. The number of aryl methyl sites for hydroxylation is 1. The SMILES string of the molecule is Cc1nsc(N2CCC[C@@H]2CO)n1. The molecule has 0 saturated carbocycles. The van der Waals surface area contributed by atoms with Crippen LogP contribution in [-0.4, -0.2) is 33.7 Å². The highest BCUT2D eigenvalue weighted by atomic mass is 32.1. The van der Waals surface area contributed by atoms with Crippen LogP contribution in [0.4, 0.5) is 5.13 Å². The van der Waals surface area contributed by atoms with E-state index in [1.165, 1.54) is 11.5 Å². The number of hydrogen-bond donors (Lipinski definition) is 1. The minimum Gasteiger partial charge on any atom is -0.394 e. The fraction of sp³-hybridized carbons (Fsp3) is 0.750. The van der Waals surface area contributed by atoms with Crippen molar-refractivity contribution in [3.63, 3.8) is 0 Å². The lowest BCUT2D eigenvalue weighted by molar-refractivity contribution is 0.266. The molecule has 13 heavy (non-hydrogen) atoms. The number of aliphatic hydroxyl groups is 1. The molecule has 1 aromatic heterocycles. The normalized spacial score (nSPS) is 22.6. The van der Waals surface area contributed by atoms with Crippen molar-refractivity contribution in [3.8, 4) is 0 Å². The smallest absolute Gasteiger partial charge is 0.205 e. The number of aliphatic hydroxyl groups excluding tert-OH is 1. The van der Waals surface area contributed by atoms with Gasteiger partial charge in [0.25, 0.3) is 0 Å². The summed E-state index contributed by atoms with van der Waals surface area (Å²) in [5.41, 5.74) is 0. The molecule has 72 valence electrons. The van der Waals surface area contributed by atoms with Crippen LogP contribution in [0.3, 0.4) is 0 Å². The first-order chi connectivity index (χ1) is 6.31. The molecule has 0 spiro atoms. The van der Waals surface area contributed by atoms with Crippen LogP contribution in [0.2, 0.25) is 0 Å². The van der Waals surface area contributed by atoms with E-state index in [9.17, 15) is 0 Å². The lowest BCUT2D eigenvalue weighted by Gasteiger charge is -2.21. The molecule has 1 aliphatic heterocycles. The van der Waals surface area contributed by atoms with Gasteiger partial charge in [0.1, 0.15) is 5.82 Å². The van der Waals surface area contributed by atoms with Gasteiger partial charge < -0.3 is 10.0 Å². The Hall–Kier alpha value is -0.680. The molecule has 1 saturated heterocycles. The molecule has 1 fully saturated rings. The summed E-state index contributed by atoms with van der Waals surface area (Å²) < 4.78 is 4.14. The van der Waals surface area contributed by atoms with Crippen LogP contribution in [0.1, 0.15) is 18.7 Å². The van der Waals surface area contributed by atoms with Crippen molar-refractivity contribution >= 4 is 16.7 Å². The van der Waals surface area contributed by atoms with E-state index in [0.717, 1.165) is 30.3 Å². The molecule has 0 aromatic carbocycles. The first kappa shape index (κ1) is 8.90. The molecule has 1 aromatic rings. The molecule has 2 rings (SSSR count). The van der Waals surface area contributed by atoms with Crippen LogP contribution in [0.25, 0.3) is 0 Å². The predicted molar refractivity (Wildman–Crippen MR) is 52.1 cm³/mol. The Labute approximate surface area is 81.4 Å². The van der Waals surface area contributed by atoms with Crippen LogP contribution in [0, 0.1) is 6.92 Å². The molecule has 1 atom stereocenters. The highest BCUT2D eigenvalue weighted by Crippen LogP contribution is 2.26. The second kappa shape index (κ2) is 3.59. The van der Waals surface area contributed by atoms with Gasteiger partial charge in [-0.25, -0.2) is 4.98 Å². The Kier molecular flexibility index (Phi) is 2.46. The summed E-state index contributed by atoms with van der Waals surface area (Å²) >= 11 is 1.42. The van der Waals surface area contributed by atoms with E-state index in [1.807, 2.05) is 6.92 Å². The lowest BCUT2D eigenvalue weighted by atomic mass is 10.2. The maximum atomic E-state index is 9.12. The highest BCUT2D eigenvalue weighted by Gasteiger charge is 2.26. The van der Waals surface area contributed by atoms with E-state index in [2.05, 4.69) is 14.3 Å². The summed E-state index contributed by atoms with van der Waals surface area (Å²) in [5, 5.41) is 10.1. The van der Waals surface area contributed by atoms with Crippen LogP contribution < -0.4 is 4.90 Å². The molecule has 2 heterocycles. The topological polar surface area (TPSA) is 49.2 Å². The van der Waals surface area contributed by atoms with E-state index >= 15 is 0 Å². The molecule has 4 nitrogen and oxygen atoms in total. The zero-order chi connectivity index (χ0) is 9.26. The van der Waals surface area contributed by atoms with Crippen molar-refractivity contribution < 1.29 is 5.11 Å². The molecule has 5 heteroatoms. The Bertz CT molecular complexity index is 289. The third-order valence-corrected chi connectivity index (χ3v) is 3.20. The minimum atomic E-state index is 0.221. The van der Waals surface area contributed by atoms with Crippen molar-refractivity contribution in [3.05, 3.63) is 5.82 Å². The molecule has 0 unspecified atom stereocenters. The van der Waals surface area contributed by atoms with Gasteiger partial charge in [-0.3, -0.25) is 0 Å². The first-order valence-corrected chi connectivity index (χ1v) is 5.26. The van der Waals surface area contributed by atoms with Crippen molar-refractivity contribution in [2.45, 2.75) is 25.8 Å². The van der Waals surface area contributed by atoms with Gasteiger partial charge in [0.15, 0.2) is 0 Å². The van der Waals surface area contributed by atoms with Gasteiger partial charge in [0, 0.05) is 18.1 Å². The number of nitrogens with zero attached hydrogens (tertiary/aromatic N) is 3. The van der Waals surface area contributed by atoms with Crippen LogP contribution in [-0.2, 0) is 0 Å². The summed E-state index contributed by atoms with van der Waals surface area (Å²) in [5.74, 6) is 0.823. The van der Waals surface area contributed by atoms with Crippen molar-refractivity contribution in [1.29, 1.82) is 0 Å². The summed E-state index contributed by atoms with van der Waals surface area (Å²) in [7, 11) is 0. The molecular formula is C8H13N3OS. The Morgan fingerprint density at radius 3 is 3.15 bits per heavy atom. The Balaban J connectivity index is 2.15. The molecular weight excluding hydrogens is 186 g/mol. The second-order valence-electron chi connectivity index (χ2n) is 3.30. The van der Waals surface area contributed by atoms with Crippen LogP contribution >= 0.6 is 11.5 Å². The zero-order valence-electron chi connectivity index (χ0n) is 7.60. The Morgan fingerprint density at radius 2 is 2.54 bits per heavy atom. The molecule has 0 bridgehead atoms. The summed E-state index contributed by atoms with van der Waals surface area (Å²) in [6.07, 6.45) is 2.21. The van der Waals surface area contributed by atoms with Crippen molar-refractivity contribution in [2.75, 3.05) is 18.1 Å². The number of anilines is 1. The average Bonchev–Trinajstić information content (AvgIpc) is 2.71. The summed E-state index contributed by atoms with van der Waals surface area (Å²) in [6, 6.07) is 0.257. The third-order valence-electron chi connectivity index (χ3n) is 2.35. The summed E-state index contributed by atoms with van der Waals surface area (Å²) in [6.45, 7) is 3.11. The molecule has 0 amide bonds. The Morgan fingerprint density at radius 1 is 1.69 bits per heavy atom. The van der Waals surface area contributed by atoms with Crippen LogP contribution in [0.5, 0.6) is 0 Å². The number of rotatable bonds is 2. The van der Waals surface area contributed by atoms with Crippen LogP contribution in [0.15, 0.2) is 0 Å². The van der Waals surface area contributed by atoms with Gasteiger partial charge in [-0.2, -0.15) is 4.37 Å². The largest absolute Gasteiger partial charge is 0.394 e. The van der Waals surface area contributed by atoms with E-state index in [-0.39, 0.29) is 12.6 Å².